The second kappa shape index (κ2) is 8.85. The fourth-order valence-corrected chi connectivity index (χ4v) is 6.60. The summed E-state index contributed by atoms with van der Waals surface area (Å²) in [5, 5.41) is 0. The molecule has 4 rings (SSSR count). The maximum atomic E-state index is 13.8. The van der Waals surface area contributed by atoms with Crippen LogP contribution in [0.15, 0.2) is 39.1 Å². The summed E-state index contributed by atoms with van der Waals surface area (Å²) in [6, 6.07) is 3.91. The van der Waals surface area contributed by atoms with Crippen molar-refractivity contribution in [2.24, 2.45) is 10.8 Å². The van der Waals surface area contributed by atoms with E-state index in [1.165, 1.54) is 0 Å². The summed E-state index contributed by atoms with van der Waals surface area (Å²) in [6.07, 6.45) is 3.57. The highest BCUT2D eigenvalue weighted by Crippen LogP contribution is 2.55. The van der Waals surface area contributed by atoms with Crippen molar-refractivity contribution in [2.45, 2.75) is 72.6 Å². The molecule has 1 heterocycles. The Morgan fingerprint density at radius 2 is 1.44 bits per heavy atom. The molecule has 2 aliphatic carbocycles. The van der Waals surface area contributed by atoms with E-state index in [9.17, 15) is 9.59 Å². The number of ketones is 2. The van der Waals surface area contributed by atoms with Crippen LogP contribution in [0.4, 0.5) is 0 Å². The monoisotopic (exact) mass is 529 g/mol. The van der Waals surface area contributed by atoms with Crippen molar-refractivity contribution in [1.82, 2.24) is 4.90 Å². The SMILES string of the molecule is CCCN1C2=C(C(=O)CC(C)(C)C2)C(c2cc(Br)c(OC)c(OC)c2)C2=C1CC(C)(C)CC2=O. The third-order valence-electron chi connectivity index (χ3n) is 7.26. The lowest BCUT2D eigenvalue weighted by Crippen LogP contribution is -2.44. The van der Waals surface area contributed by atoms with E-state index >= 15 is 0 Å². The van der Waals surface area contributed by atoms with Gasteiger partial charge in [-0.1, -0.05) is 34.6 Å². The van der Waals surface area contributed by atoms with E-state index in [2.05, 4.69) is 55.4 Å². The molecule has 0 fully saturated rings. The smallest absolute Gasteiger partial charge is 0.174 e. The number of halogens is 1. The molecule has 184 valence electrons. The van der Waals surface area contributed by atoms with Gasteiger partial charge in [0.15, 0.2) is 23.1 Å². The zero-order valence-electron chi connectivity index (χ0n) is 21.4. The van der Waals surface area contributed by atoms with Crippen molar-refractivity contribution in [3.8, 4) is 11.5 Å². The summed E-state index contributed by atoms with van der Waals surface area (Å²) in [4.78, 5) is 29.9. The van der Waals surface area contributed by atoms with E-state index in [4.69, 9.17) is 9.47 Å². The molecule has 0 amide bonds. The number of allylic oxidation sites excluding steroid dienone is 4. The van der Waals surface area contributed by atoms with Gasteiger partial charge in [0.05, 0.1) is 18.7 Å². The number of benzene rings is 1. The molecule has 3 aliphatic rings. The third-order valence-corrected chi connectivity index (χ3v) is 7.85. The van der Waals surface area contributed by atoms with Gasteiger partial charge in [0, 0.05) is 47.8 Å². The number of hydrogen-bond acceptors (Lipinski definition) is 5. The molecule has 6 heteroatoms. The number of ether oxygens (including phenoxy) is 2. The van der Waals surface area contributed by atoms with Crippen LogP contribution in [0.5, 0.6) is 11.5 Å². The molecular formula is C28H36BrNO4. The fourth-order valence-electron chi connectivity index (χ4n) is 5.98. The summed E-state index contributed by atoms with van der Waals surface area (Å²) >= 11 is 3.63. The molecule has 1 aliphatic heterocycles. The van der Waals surface area contributed by atoms with Gasteiger partial charge in [0.1, 0.15) is 0 Å². The van der Waals surface area contributed by atoms with E-state index in [-0.39, 0.29) is 28.3 Å². The lowest BCUT2D eigenvalue weighted by molar-refractivity contribution is -0.119. The van der Waals surface area contributed by atoms with E-state index < -0.39 is 0 Å². The van der Waals surface area contributed by atoms with Crippen LogP contribution >= 0.6 is 15.9 Å². The maximum absolute atomic E-state index is 13.8. The molecule has 0 saturated heterocycles. The topological polar surface area (TPSA) is 55.8 Å². The molecule has 5 nitrogen and oxygen atoms in total. The molecule has 0 aromatic heterocycles. The van der Waals surface area contributed by atoms with Crippen LogP contribution in [0.25, 0.3) is 0 Å². The molecular weight excluding hydrogens is 494 g/mol. The van der Waals surface area contributed by atoms with Crippen molar-refractivity contribution < 1.29 is 19.1 Å². The molecule has 0 spiro atoms. The van der Waals surface area contributed by atoms with Crippen LogP contribution in [0.2, 0.25) is 0 Å². The Morgan fingerprint density at radius 1 is 0.912 bits per heavy atom. The minimum atomic E-state index is -0.388. The summed E-state index contributed by atoms with van der Waals surface area (Å²) < 4.78 is 11.9. The first-order chi connectivity index (χ1) is 15.9. The normalized spacial score (nSPS) is 22.1. The Labute approximate surface area is 211 Å². The van der Waals surface area contributed by atoms with E-state index in [1.807, 2.05) is 12.1 Å². The second-order valence-corrected chi connectivity index (χ2v) is 12.3. The molecule has 0 saturated carbocycles. The van der Waals surface area contributed by atoms with Crippen molar-refractivity contribution in [2.75, 3.05) is 20.8 Å². The number of methoxy groups -OCH3 is 2. The highest BCUT2D eigenvalue weighted by molar-refractivity contribution is 9.10. The fraction of sp³-hybridized carbons (Fsp3) is 0.571. The number of hydrogen-bond donors (Lipinski definition) is 0. The van der Waals surface area contributed by atoms with Crippen molar-refractivity contribution in [3.05, 3.63) is 44.7 Å². The number of carbonyl (C=O) groups excluding carboxylic acids is 2. The van der Waals surface area contributed by atoms with Crippen LogP contribution in [-0.2, 0) is 9.59 Å². The Hall–Kier alpha value is -2.08. The van der Waals surface area contributed by atoms with Crippen LogP contribution in [0.1, 0.15) is 78.2 Å². The molecule has 1 aromatic rings. The van der Waals surface area contributed by atoms with Crippen molar-refractivity contribution >= 4 is 27.5 Å². The molecule has 0 unspecified atom stereocenters. The lowest BCUT2D eigenvalue weighted by atomic mass is 9.63. The zero-order chi connectivity index (χ0) is 25.0. The summed E-state index contributed by atoms with van der Waals surface area (Å²) in [5.74, 6) is 1.09. The van der Waals surface area contributed by atoms with Gasteiger partial charge in [-0.3, -0.25) is 9.59 Å². The highest BCUT2D eigenvalue weighted by Gasteiger charge is 2.49. The minimum Gasteiger partial charge on any atom is -0.493 e. The van der Waals surface area contributed by atoms with Gasteiger partial charge >= 0.3 is 0 Å². The average Bonchev–Trinajstić information content (AvgIpc) is 2.72. The van der Waals surface area contributed by atoms with Gasteiger partial charge in [0.2, 0.25) is 0 Å². The summed E-state index contributed by atoms with van der Waals surface area (Å²) in [5.41, 5.74) is 4.44. The molecule has 0 radical (unpaired) electrons. The first-order valence-corrected chi connectivity index (χ1v) is 12.9. The van der Waals surface area contributed by atoms with E-state index in [0.29, 0.717) is 24.3 Å². The van der Waals surface area contributed by atoms with Gasteiger partial charge < -0.3 is 14.4 Å². The third kappa shape index (κ3) is 4.23. The van der Waals surface area contributed by atoms with Crippen molar-refractivity contribution in [1.29, 1.82) is 0 Å². The molecule has 0 atom stereocenters. The molecule has 0 bridgehead atoms. The number of Topliss-reactive ketones (excluding diaryl/α,β-unsaturated/α-hetero) is 2. The number of nitrogens with zero attached hydrogens (tertiary/aromatic N) is 1. The standard InChI is InChI=1S/C28H36BrNO4/c1-8-9-30-18-12-27(2,3)14-20(31)24(18)23(25-19(30)13-28(4,5)15-21(25)32)16-10-17(29)26(34-7)22(11-16)33-6/h10-11,23H,8-9,12-15H2,1-7H3. The lowest BCUT2D eigenvalue weighted by Gasteiger charge is -2.49. The Balaban J connectivity index is 2.03. The number of carbonyl (C=O) groups is 2. The highest BCUT2D eigenvalue weighted by atomic mass is 79.9. The molecule has 0 N–H and O–H groups in total. The van der Waals surface area contributed by atoms with Gasteiger partial charge in [-0.2, -0.15) is 0 Å². The van der Waals surface area contributed by atoms with E-state index in [1.54, 1.807) is 14.2 Å². The van der Waals surface area contributed by atoms with Gasteiger partial charge in [-0.05, 0) is 63.7 Å². The Morgan fingerprint density at radius 3 is 1.88 bits per heavy atom. The van der Waals surface area contributed by atoms with Crippen LogP contribution in [0, 0.1) is 10.8 Å². The maximum Gasteiger partial charge on any atom is 0.174 e. The molecule has 34 heavy (non-hydrogen) atoms. The first kappa shape index (κ1) is 25.0. The predicted octanol–water partition coefficient (Wildman–Crippen LogP) is 6.56. The van der Waals surface area contributed by atoms with E-state index in [0.717, 1.165) is 58.4 Å². The minimum absolute atomic E-state index is 0.114. The summed E-state index contributed by atoms with van der Waals surface area (Å²) in [6.45, 7) is 11.6. The van der Waals surface area contributed by atoms with Gasteiger partial charge in [0.25, 0.3) is 0 Å². The summed E-state index contributed by atoms with van der Waals surface area (Å²) in [7, 11) is 3.21. The molecule has 1 aromatic carbocycles. The number of rotatable bonds is 5. The Bertz CT molecular complexity index is 1060. The van der Waals surface area contributed by atoms with Gasteiger partial charge in [-0.15, -0.1) is 0 Å². The van der Waals surface area contributed by atoms with Crippen LogP contribution < -0.4 is 9.47 Å². The zero-order valence-corrected chi connectivity index (χ0v) is 23.0. The largest absolute Gasteiger partial charge is 0.493 e. The second-order valence-electron chi connectivity index (χ2n) is 11.4. The average molecular weight is 531 g/mol. The quantitative estimate of drug-likeness (QED) is 0.432. The predicted molar refractivity (Wildman–Crippen MR) is 137 cm³/mol. The first-order valence-electron chi connectivity index (χ1n) is 12.1. The van der Waals surface area contributed by atoms with Crippen LogP contribution in [0.3, 0.4) is 0 Å². The Kier molecular flexibility index (Phi) is 6.52. The van der Waals surface area contributed by atoms with Crippen molar-refractivity contribution in [3.63, 3.8) is 0 Å². The van der Waals surface area contributed by atoms with Crippen LogP contribution in [-0.4, -0.2) is 37.2 Å². The van der Waals surface area contributed by atoms with Gasteiger partial charge in [-0.25, -0.2) is 0 Å².